The van der Waals surface area contributed by atoms with E-state index < -0.39 is 0 Å². The number of halogens is 2. The highest BCUT2D eigenvalue weighted by Crippen LogP contribution is 2.23. The van der Waals surface area contributed by atoms with Gasteiger partial charge in [-0.1, -0.05) is 60.5 Å². The average Bonchev–Trinajstić information content (AvgIpc) is 2.66. The third-order valence-corrected chi connectivity index (χ3v) is 4.56. The molecular formula is C22H19Cl2NO. The molecule has 0 spiro atoms. The molecule has 3 aromatic carbocycles. The van der Waals surface area contributed by atoms with Crippen LogP contribution in [-0.2, 0) is 13.0 Å². The van der Waals surface area contributed by atoms with Gasteiger partial charge in [-0.25, -0.2) is 0 Å². The molecule has 0 bridgehead atoms. The number of nitrogens with zero attached hydrogens (tertiary/aromatic N) is 1. The van der Waals surface area contributed by atoms with Crippen LogP contribution in [0.2, 0.25) is 10.0 Å². The summed E-state index contributed by atoms with van der Waals surface area (Å²) in [6.45, 7) is 2.52. The molecule has 0 unspecified atom stereocenters. The van der Waals surface area contributed by atoms with E-state index in [9.17, 15) is 0 Å². The van der Waals surface area contributed by atoms with Crippen LogP contribution in [0.4, 0.5) is 5.69 Å². The van der Waals surface area contributed by atoms with Crippen molar-refractivity contribution in [3.63, 3.8) is 0 Å². The lowest BCUT2D eigenvalue weighted by Crippen LogP contribution is -1.96. The number of hydrogen-bond donors (Lipinski definition) is 0. The molecule has 3 aromatic rings. The molecule has 0 radical (unpaired) electrons. The number of aryl methyl sites for hydroxylation is 1. The monoisotopic (exact) mass is 383 g/mol. The molecular weight excluding hydrogens is 365 g/mol. The lowest BCUT2D eigenvalue weighted by molar-refractivity contribution is 0.306. The van der Waals surface area contributed by atoms with Crippen molar-refractivity contribution in [3.05, 3.63) is 93.5 Å². The summed E-state index contributed by atoms with van der Waals surface area (Å²) in [5.74, 6) is 0.765. The molecule has 0 N–H and O–H groups in total. The molecule has 0 amide bonds. The third-order valence-electron chi connectivity index (χ3n) is 3.97. The summed E-state index contributed by atoms with van der Waals surface area (Å²) in [7, 11) is 0. The fourth-order valence-electron chi connectivity index (χ4n) is 2.45. The Labute approximate surface area is 164 Å². The van der Waals surface area contributed by atoms with E-state index in [4.69, 9.17) is 27.9 Å². The summed E-state index contributed by atoms with van der Waals surface area (Å²) >= 11 is 12.1. The normalized spacial score (nSPS) is 11.0. The van der Waals surface area contributed by atoms with Gasteiger partial charge in [0.1, 0.15) is 12.4 Å². The van der Waals surface area contributed by atoms with Crippen LogP contribution in [-0.4, -0.2) is 6.21 Å². The van der Waals surface area contributed by atoms with Gasteiger partial charge in [0.25, 0.3) is 0 Å². The highest BCUT2D eigenvalue weighted by molar-refractivity contribution is 6.35. The van der Waals surface area contributed by atoms with Crippen LogP contribution in [0.5, 0.6) is 5.75 Å². The summed E-state index contributed by atoms with van der Waals surface area (Å²) in [5, 5.41) is 1.22. The van der Waals surface area contributed by atoms with Gasteiger partial charge in [-0.3, -0.25) is 4.99 Å². The van der Waals surface area contributed by atoms with Crippen LogP contribution in [0.15, 0.2) is 71.7 Å². The molecule has 0 aliphatic rings. The largest absolute Gasteiger partial charge is 0.489 e. The zero-order chi connectivity index (χ0) is 18.4. The third kappa shape index (κ3) is 5.10. The van der Waals surface area contributed by atoms with Gasteiger partial charge in [-0.2, -0.15) is 0 Å². The first-order chi connectivity index (χ1) is 12.6. The Morgan fingerprint density at radius 2 is 1.77 bits per heavy atom. The lowest BCUT2D eigenvalue weighted by atomic mass is 10.1. The lowest BCUT2D eigenvalue weighted by Gasteiger charge is -2.08. The van der Waals surface area contributed by atoms with Crippen molar-refractivity contribution in [2.75, 3.05) is 0 Å². The van der Waals surface area contributed by atoms with E-state index in [0.29, 0.717) is 16.7 Å². The van der Waals surface area contributed by atoms with Crippen molar-refractivity contribution in [1.82, 2.24) is 0 Å². The maximum absolute atomic E-state index is 6.18. The van der Waals surface area contributed by atoms with Gasteiger partial charge in [0.2, 0.25) is 0 Å². The van der Waals surface area contributed by atoms with E-state index in [0.717, 1.165) is 29.0 Å². The summed E-state index contributed by atoms with van der Waals surface area (Å²) < 4.78 is 5.85. The van der Waals surface area contributed by atoms with Crippen molar-refractivity contribution < 1.29 is 4.74 Å². The van der Waals surface area contributed by atoms with E-state index in [2.05, 4.69) is 24.0 Å². The molecule has 0 fully saturated rings. The van der Waals surface area contributed by atoms with Crippen LogP contribution in [0.1, 0.15) is 23.6 Å². The summed E-state index contributed by atoms with van der Waals surface area (Å²) in [5.41, 5.74) is 4.11. The van der Waals surface area contributed by atoms with Crippen molar-refractivity contribution in [1.29, 1.82) is 0 Å². The van der Waals surface area contributed by atoms with Crippen molar-refractivity contribution in [2.24, 2.45) is 4.99 Å². The van der Waals surface area contributed by atoms with Gasteiger partial charge < -0.3 is 4.74 Å². The number of hydrogen-bond acceptors (Lipinski definition) is 2. The number of rotatable bonds is 6. The molecule has 132 valence electrons. The highest BCUT2D eigenvalue weighted by atomic mass is 35.5. The maximum Gasteiger partial charge on any atom is 0.120 e. The summed E-state index contributed by atoms with van der Waals surface area (Å²) in [4.78, 5) is 4.52. The maximum atomic E-state index is 6.18. The second kappa shape index (κ2) is 8.88. The Bertz CT molecular complexity index is 904. The first-order valence-electron chi connectivity index (χ1n) is 8.44. The predicted octanol–water partition coefficient (Wildman–Crippen LogP) is 6.89. The molecule has 0 saturated carbocycles. The molecule has 0 aliphatic heterocycles. The van der Waals surface area contributed by atoms with Gasteiger partial charge in [-0.15, -0.1) is 0 Å². The highest BCUT2D eigenvalue weighted by Gasteiger charge is 2.03. The van der Waals surface area contributed by atoms with Gasteiger partial charge in [-0.05, 0) is 53.9 Å². The predicted molar refractivity (Wildman–Crippen MR) is 110 cm³/mol. The van der Waals surface area contributed by atoms with Crippen LogP contribution in [0.3, 0.4) is 0 Å². The van der Waals surface area contributed by atoms with E-state index in [1.54, 1.807) is 12.1 Å². The smallest absolute Gasteiger partial charge is 0.120 e. The Morgan fingerprint density at radius 3 is 2.50 bits per heavy atom. The second-order valence-corrected chi connectivity index (χ2v) is 6.72. The van der Waals surface area contributed by atoms with E-state index >= 15 is 0 Å². The van der Waals surface area contributed by atoms with Gasteiger partial charge >= 0.3 is 0 Å². The minimum absolute atomic E-state index is 0.384. The number of ether oxygens (including phenoxy) is 1. The molecule has 3 rings (SSSR count). The van der Waals surface area contributed by atoms with Crippen molar-refractivity contribution in [2.45, 2.75) is 20.0 Å². The van der Waals surface area contributed by atoms with E-state index in [1.165, 1.54) is 5.56 Å². The molecule has 0 aromatic heterocycles. The van der Waals surface area contributed by atoms with Crippen LogP contribution < -0.4 is 4.74 Å². The number of benzene rings is 3. The van der Waals surface area contributed by atoms with Crippen LogP contribution in [0.25, 0.3) is 0 Å². The Kier molecular flexibility index (Phi) is 6.32. The second-order valence-electron chi connectivity index (χ2n) is 5.88. The average molecular weight is 384 g/mol. The Morgan fingerprint density at radius 1 is 0.962 bits per heavy atom. The van der Waals surface area contributed by atoms with E-state index in [1.807, 2.05) is 48.7 Å². The first-order valence-corrected chi connectivity index (χ1v) is 9.19. The quantitative estimate of drug-likeness (QED) is 0.424. The zero-order valence-electron chi connectivity index (χ0n) is 14.5. The Balaban J connectivity index is 1.66. The fraction of sp³-hybridized carbons (Fsp3) is 0.136. The molecule has 2 nitrogen and oxygen atoms in total. The van der Waals surface area contributed by atoms with Crippen molar-refractivity contribution >= 4 is 35.1 Å². The topological polar surface area (TPSA) is 21.6 Å². The standard InChI is InChI=1S/C22H19Cl2NO/c1-2-16-6-10-20(11-7-16)25-14-17-4-3-5-21(12-17)26-15-18-8-9-19(23)13-22(18)24/h3-14H,2,15H2,1H3. The first kappa shape index (κ1) is 18.5. The molecule has 0 aliphatic carbocycles. The fourth-order valence-corrected chi connectivity index (χ4v) is 2.91. The molecule has 0 atom stereocenters. The molecule has 4 heteroatoms. The van der Waals surface area contributed by atoms with Crippen LogP contribution in [0, 0.1) is 0 Å². The summed E-state index contributed by atoms with van der Waals surface area (Å²) in [6.07, 6.45) is 2.87. The number of aliphatic imine (C=N–C) groups is 1. The van der Waals surface area contributed by atoms with Gasteiger partial charge in [0, 0.05) is 21.8 Å². The minimum atomic E-state index is 0.384. The van der Waals surface area contributed by atoms with Crippen molar-refractivity contribution in [3.8, 4) is 5.75 Å². The van der Waals surface area contributed by atoms with E-state index in [-0.39, 0.29) is 0 Å². The van der Waals surface area contributed by atoms with Crippen LogP contribution >= 0.6 is 23.2 Å². The Hall–Kier alpha value is -2.29. The SMILES string of the molecule is CCc1ccc(N=Cc2cccc(OCc3ccc(Cl)cc3Cl)c2)cc1. The summed E-state index contributed by atoms with van der Waals surface area (Å²) in [6, 6.07) is 21.4. The molecule has 0 heterocycles. The molecule has 26 heavy (non-hydrogen) atoms. The zero-order valence-corrected chi connectivity index (χ0v) is 16.0. The van der Waals surface area contributed by atoms with Gasteiger partial charge in [0.05, 0.1) is 5.69 Å². The molecule has 0 saturated heterocycles. The van der Waals surface area contributed by atoms with Gasteiger partial charge in [0.15, 0.2) is 0 Å². The minimum Gasteiger partial charge on any atom is -0.489 e.